The molecule has 0 aliphatic carbocycles. The molecule has 6 heteroatoms. The van der Waals surface area contributed by atoms with Crippen LogP contribution in [0.1, 0.15) is 16.5 Å². The molecular formula is C15H17ClN2O2S. The molecule has 0 radical (unpaired) electrons. The first-order chi connectivity index (χ1) is 10.0. The third-order valence-corrected chi connectivity index (χ3v) is 4.65. The largest absolute Gasteiger partial charge is 0.468 e. The van der Waals surface area contributed by atoms with Crippen LogP contribution in [0.4, 0.5) is 5.69 Å². The molecule has 1 aromatic carbocycles. The molecule has 0 fully saturated rings. The van der Waals surface area contributed by atoms with Crippen molar-refractivity contribution >= 4 is 35.0 Å². The van der Waals surface area contributed by atoms with Crippen LogP contribution in [0.3, 0.4) is 0 Å². The highest BCUT2D eigenvalue weighted by Gasteiger charge is 2.21. The number of carbonyl (C=O) groups is 1. The normalized spacial score (nSPS) is 12.1. The molecule has 0 bridgehead atoms. The van der Waals surface area contributed by atoms with Crippen molar-refractivity contribution in [1.82, 2.24) is 4.57 Å². The Morgan fingerprint density at radius 1 is 1.48 bits per heavy atom. The summed E-state index contributed by atoms with van der Waals surface area (Å²) in [6.07, 6.45) is 1.96. The first kappa shape index (κ1) is 15.8. The Morgan fingerprint density at radius 2 is 2.24 bits per heavy atom. The van der Waals surface area contributed by atoms with Gasteiger partial charge in [-0.2, -0.15) is 0 Å². The third-order valence-electron chi connectivity index (χ3n) is 3.18. The lowest BCUT2D eigenvalue weighted by Crippen LogP contribution is -2.10. The molecule has 0 spiro atoms. The maximum atomic E-state index is 11.4. The molecule has 1 atom stereocenters. The fraction of sp³-hybridized carbons (Fsp3) is 0.267. The minimum atomic E-state index is -0.264. The van der Waals surface area contributed by atoms with E-state index in [9.17, 15) is 4.79 Å². The van der Waals surface area contributed by atoms with Crippen molar-refractivity contribution in [3.8, 4) is 0 Å². The van der Waals surface area contributed by atoms with E-state index in [-0.39, 0.29) is 17.0 Å². The van der Waals surface area contributed by atoms with E-state index < -0.39 is 0 Å². The number of hydrogen-bond acceptors (Lipinski definition) is 4. The molecule has 21 heavy (non-hydrogen) atoms. The minimum absolute atomic E-state index is 0.0807. The Morgan fingerprint density at radius 3 is 2.86 bits per heavy atom. The number of nitrogens with two attached hydrogens (primary N) is 1. The van der Waals surface area contributed by atoms with Gasteiger partial charge >= 0.3 is 5.97 Å². The molecular weight excluding hydrogens is 308 g/mol. The summed E-state index contributed by atoms with van der Waals surface area (Å²) in [7, 11) is 3.34. The van der Waals surface area contributed by atoms with E-state index in [1.165, 1.54) is 18.9 Å². The molecule has 4 nitrogen and oxygen atoms in total. The standard InChI is InChI=1S/C15H17ClN2O2S/c1-18-7-3-4-13(18)15(21-9-14(19)20-2)11-8-10(16)5-6-12(11)17/h3-8,15H,9,17H2,1-2H3. The molecule has 1 aromatic heterocycles. The lowest BCUT2D eigenvalue weighted by atomic mass is 10.1. The molecule has 0 amide bonds. The van der Waals surface area contributed by atoms with E-state index in [2.05, 4.69) is 0 Å². The van der Waals surface area contributed by atoms with Crippen LogP contribution in [0, 0.1) is 0 Å². The van der Waals surface area contributed by atoms with E-state index >= 15 is 0 Å². The van der Waals surface area contributed by atoms with Crippen LogP contribution < -0.4 is 5.73 Å². The Hall–Kier alpha value is -1.59. The molecule has 0 saturated carbocycles. The molecule has 0 aliphatic rings. The Balaban J connectivity index is 2.38. The van der Waals surface area contributed by atoms with Crippen molar-refractivity contribution in [2.75, 3.05) is 18.6 Å². The van der Waals surface area contributed by atoms with Crippen molar-refractivity contribution in [2.45, 2.75) is 5.25 Å². The number of nitrogens with zero attached hydrogens (tertiary/aromatic N) is 1. The summed E-state index contributed by atoms with van der Waals surface area (Å²) >= 11 is 7.56. The maximum Gasteiger partial charge on any atom is 0.315 e. The van der Waals surface area contributed by atoms with Gasteiger partial charge in [-0.1, -0.05) is 11.6 Å². The number of esters is 1. The summed E-state index contributed by atoms with van der Waals surface area (Å²) < 4.78 is 6.72. The fourth-order valence-corrected chi connectivity index (χ4v) is 3.46. The van der Waals surface area contributed by atoms with Crippen LogP contribution in [-0.4, -0.2) is 23.4 Å². The predicted octanol–water partition coefficient (Wildman–Crippen LogP) is 3.26. The summed E-state index contributed by atoms with van der Waals surface area (Å²) in [6.45, 7) is 0. The van der Waals surface area contributed by atoms with Crippen LogP contribution in [0.2, 0.25) is 5.02 Å². The van der Waals surface area contributed by atoms with Gasteiger partial charge in [0.1, 0.15) is 0 Å². The summed E-state index contributed by atoms with van der Waals surface area (Å²) in [6, 6.07) is 9.36. The molecule has 2 N–H and O–H groups in total. The zero-order chi connectivity index (χ0) is 15.4. The van der Waals surface area contributed by atoms with Crippen molar-refractivity contribution in [3.05, 3.63) is 52.8 Å². The molecule has 0 saturated heterocycles. The van der Waals surface area contributed by atoms with Gasteiger partial charge in [-0.05, 0) is 35.9 Å². The number of anilines is 1. The summed E-state index contributed by atoms with van der Waals surface area (Å²) in [5, 5.41) is 0.542. The van der Waals surface area contributed by atoms with E-state index in [1.807, 2.05) is 36.0 Å². The molecule has 0 aliphatic heterocycles. The van der Waals surface area contributed by atoms with Crippen molar-refractivity contribution in [2.24, 2.45) is 7.05 Å². The third kappa shape index (κ3) is 3.74. The summed E-state index contributed by atoms with van der Waals surface area (Å²) in [5.74, 6) is -0.0158. The lowest BCUT2D eigenvalue weighted by molar-refractivity contribution is -0.137. The number of aromatic nitrogens is 1. The van der Waals surface area contributed by atoms with Crippen LogP contribution >= 0.6 is 23.4 Å². The highest BCUT2D eigenvalue weighted by molar-refractivity contribution is 8.00. The zero-order valence-electron chi connectivity index (χ0n) is 11.9. The monoisotopic (exact) mass is 324 g/mol. The van der Waals surface area contributed by atoms with Gasteiger partial charge in [-0.15, -0.1) is 11.8 Å². The molecule has 1 heterocycles. The second kappa shape index (κ2) is 6.91. The number of hydrogen-bond donors (Lipinski definition) is 1. The molecule has 2 aromatic rings. The average molecular weight is 325 g/mol. The quantitative estimate of drug-likeness (QED) is 0.677. The van der Waals surface area contributed by atoms with Crippen LogP contribution in [0.15, 0.2) is 36.5 Å². The fourth-order valence-electron chi connectivity index (χ4n) is 2.06. The Labute approximate surface area is 133 Å². The van der Waals surface area contributed by atoms with E-state index in [4.69, 9.17) is 22.1 Å². The zero-order valence-corrected chi connectivity index (χ0v) is 13.4. The smallest absolute Gasteiger partial charge is 0.315 e. The molecule has 2 rings (SSSR count). The highest BCUT2D eigenvalue weighted by Crippen LogP contribution is 2.39. The second-order valence-electron chi connectivity index (χ2n) is 4.58. The van der Waals surface area contributed by atoms with Crippen molar-refractivity contribution in [3.63, 3.8) is 0 Å². The number of halogens is 1. The SMILES string of the molecule is COC(=O)CSC(c1cc(Cl)ccc1N)c1cccn1C. The Kier molecular flexibility index (Phi) is 5.20. The number of ether oxygens (including phenoxy) is 1. The summed E-state index contributed by atoms with van der Waals surface area (Å²) in [4.78, 5) is 11.4. The highest BCUT2D eigenvalue weighted by atomic mass is 35.5. The second-order valence-corrected chi connectivity index (χ2v) is 6.11. The maximum absolute atomic E-state index is 11.4. The predicted molar refractivity (Wildman–Crippen MR) is 87.6 cm³/mol. The first-order valence-corrected chi connectivity index (χ1v) is 7.80. The van der Waals surface area contributed by atoms with Gasteiger partial charge in [0.05, 0.1) is 18.1 Å². The van der Waals surface area contributed by atoms with Crippen molar-refractivity contribution in [1.29, 1.82) is 0 Å². The average Bonchev–Trinajstić information content (AvgIpc) is 2.88. The number of rotatable bonds is 5. The van der Waals surface area contributed by atoms with Crippen LogP contribution in [0.25, 0.3) is 0 Å². The van der Waals surface area contributed by atoms with Gasteiger partial charge in [0.25, 0.3) is 0 Å². The van der Waals surface area contributed by atoms with Gasteiger partial charge in [-0.3, -0.25) is 4.79 Å². The van der Waals surface area contributed by atoms with Crippen LogP contribution in [0.5, 0.6) is 0 Å². The number of nitrogen functional groups attached to an aromatic ring is 1. The summed E-state index contributed by atoms with van der Waals surface area (Å²) in [5.41, 5.74) is 8.70. The van der Waals surface area contributed by atoms with E-state index in [0.29, 0.717) is 10.7 Å². The van der Waals surface area contributed by atoms with Gasteiger partial charge in [-0.25, -0.2) is 0 Å². The first-order valence-electron chi connectivity index (χ1n) is 6.37. The number of methoxy groups -OCH3 is 1. The molecule has 1 unspecified atom stereocenters. The number of carbonyl (C=O) groups excluding carboxylic acids is 1. The van der Waals surface area contributed by atoms with Gasteiger partial charge in [0, 0.05) is 29.6 Å². The van der Waals surface area contributed by atoms with Crippen molar-refractivity contribution < 1.29 is 9.53 Å². The Bertz CT molecular complexity index is 642. The lowest BCUT2D eigenvalue weighted by Gasteiger charge is -2.20. The topological polar surface area (TPSA) is 57.2 Å². The molecule has 112 valence electrons. The van der Waals surface area contributed by atoms with E-state index in [0.717, 1.165) is 11.3 Å². The van der Waals surface area contributed by atoms with Crippen LogP contribution in [-0.2, 0) is 16.6 Å². The van der Waals surface area contributed by atoms with Gasteiger partial charge in [0.15, 0.2) is 0 Å². The van der Waals surface area contributed by atoms with Gasteiger partial charge in [0.2, 0.25) is 0 Å². The minimum Gasteiger partial charge on any atom is -0.468 e. The van der Waals surface area contributed by atoms with Gasteiger partial charge < -0.3 is 15.0 Å². The number of benzene rings is 1. The van der Waals surface area contributed by atoms with E-state index in [1.54, 1.807) is 12.1 Å². The number of thioether (sulfide) groups is 1. The number of aryl methyl sites for hydroxylation is 1.